The Morgan fingerprint density at radius 1 is 1.37 bits per heavy atom. The lowest BCUT2D eigenvalue weighted by Gasteiger charge is -2.05. The first-order chi connectivity index (χ1) is 9.09. The van der Waals surface area contributed by atoms with Crippen molar-refractivity contribution in [2.75, 3.05) is 5.32 Å². The van der Waals surface area contributed by atoms with Gasteiger partial charge in [-0.15, -0.1) is 0 Å². The lowest BCUT2D eigenvalue weighted by atomic mass is 10.3. The first kappa shape index (κ1) is 12.4. The molecule has 0 saturated carbocycles. The van der Waals surface area contributed by atoms with Gasteiger partial charge in [0.25, 0.3) is 0 Å². The van der Waals surface area contributed by atoms with Gasteiger partial charge in [0.2, 0.25) is 11.9 Å². The molecule has 0 fully saturated rings. The van der Waals surface area contributed by atoms with Crippen LogP contribution >= 0.6 is 27.5 Å². The largest absolute Gasteiger partial charge is 0.296 e. The molecule has 0 radical (unpaired) electrons. The Kier molecular flexibility index (Phi) is 2.91. The summed E-state index contributed by atoms with van der Waals surface area (Å²) in [4.78, 5) is 19.7. The minimum Gasteiger partial charge on any atom is -0.296 e. The second kappa shape index (κ2) is 4.47. The first-order valence-corrected chi connectivity index (χ1v) is 6.63. The molecule has 0 aromatic carbocycles. The fraction of sp³-hybridized carbons (Fsp3) is 0.0833. The Morgan fingerprint density at radius 3 is 2.84 bits per heavy atom. The summed E-state index contributed by atoms with van der Waals surface area (Å²) in [7, 11) is 0. The molecular formula is C12H8BrClN4O. The fourth-order valence-electron chi connectivity index (χ4n) is 1.98. The summed E-state index contributed by atoms with van der Waals surface area (Å²) < 4.78 is 2.58. The number of halogens is 2. The molecule has 7 heteroatoms. The summed E-state index contributed by atoms with van der Waals surface area (Å²) in [5, 5.41) is 4.07. The van der Waals surface area contributed by atoms with Gasteiger partial charge in [0.15, 0.2) is 0 Å². The maximum absolute atomic E-state index is 11.2. The molecule has 0 aliphatic rings. The fourth-order valence-corrected chi connectivity index (χ4v) is 3.03. The van der Waals surface area contributed by atoms with Crippen molar-refractivity contribution < 1.29 is 4.79 Å². The molecule has 96 valence electrons. The molecule has 19 heavy (non-hydrogen) atoms. The molecule has 1 amide bonds. The molecule has 3 rings (SSSR count). The van der Waals surface area contributed by atoms with Crippen molar-refractivity contribution in [3.05, 3.63) is 34.0 Å². The van der Waals surface area contributed by atoms with E-state index in [2.05, 4.69) is 31.2 Å². The molecule has 3 heterocycles. The predicted octanol–water partition coefficient (Wildman–Crippen LogP) is 3.26. The molecule has 3 aromatic heterocycles. The number of fused-ring (bicyclic) bond motifs is 3. The number of pyridine rings is 1. The van der Waals surface area contributed by atoms with Crippen LogP contribution in [0.2, 0.25) is 5.02 Å². The van der Waals surface area contributed by atoms with Gasteiger partial charge < -0.3 is 0 Å². The number of carbonyl (C=O) groups is 1. The Hall–Kier alpha value is -1.66. The second-order valence-corrected chi connectivity index (χ2v) is 5.18. The van der Waals surface area contributed by atoms with Crippen LogP contribution in [0.25, 0.3) is 16.6 Å². The molecule has 0 saturated heterocycles. The highest BCUT2D eigenvalue weighted by molar-refractivity contribution is 9.10. The van der Waals surface area contributed by atoms with Gasteiger partial charge in [0.05, 0.1) is 20.4 Å². The molecule has 0 bridgehead atoms. The van der Waals surface area contributed by atoms with Crippen molar-refractivity contribution >= 4 is 55.9 Å². The number of amides is 1. The van der Waals surface area contributed by atoms with Crippen molar-refractivity contribution in [2.24, 2.45) is 0 Å². The Labute approximate surface area is 121 Å². The maximum Gasteiger partial charge on any atom is 0.223 e. The standard InChI is InChI=1S/C12H8BrClN4O/c1-6(19)17-12-16-5-3-8-10(13)9-7(14)2-4-15-11(9)18(8)12/h2-5H,1H3,(H,16,17,19). The molecule has 1 N–H and O–H groups in total. The topological polar surface area (TPSA) is 59.3 Å². The van der Waals surface area contributed by atoms with Crippen LogP contribution in [0.15, 0.2) is 29.0 Å². The number of hydrogen-bond acceptors (Lipinski definition) is 3. The molecular weight excluding hydrogens is 332 g/mol. The predicted molar refractivity (Wildman–Crippen MR) is 77.5 cm³/mol. The number of nitrogens with zero attached hydrogens (tertiary/aromatic N) is 3. The Morgan fingerprint density at radius 2 is 2.11 bits per heavy atom. The number of carbonyl (C=O) groups excluding carboxylic acids is 1. The third kappa shape index (κ3) is 1.87. The molecule has 5 nitrogen and oxygen atoms in total. The van der Waals surface area contributed by atoms with Crippen LogP contribution in [-0.2, 0) is 4.79 Å². The molecule has 0 unspecified atom stereocenters. The van der Waals surface area contributed by atoms with Gasteiger partial charge in [0.1, 0.15) is 5.65 Å². The summed E-state index contributed by atoms with van der Waals surface area (Å²) in [5.74, 6) is 0.218. The van der Waals surface area contributed by atoms with Gasteiger partial charge in [-0.2, -0.15) is 0 Å². The third-order valence-electron chi connectivity index (χ3n) is 2.71. The summed E-state index contributed by atoms with van der Waals surface area (Å²) in [6.07, 6.45) is 3.24. The third-order valence-corrected chi connectivity index (χ3v) is 3.82. The van der Waals surface area contributed by atoms with E-state index in [1.54, 1.807) is 22.9 Å². The van der Waals surface area contributed by atoms with Crippen LogP contribution in [0.1, 0.15) is 6.92 Å². The summed E-state index contributed by atoms with van der Waals surface area (Å²) in [6.45, 7) is 1.43. The van der Waals surface area contributed by atoms with Crippen molar-refractivity contribution in [3.8, 4) is 0 Å². The van der Waals surface area contributed by atoms with Gasteiger partial charge in [0, 0.05) is 19.3 Å². The zero-order valence-electron chi connectivity index (χ0n) is 9.82. The SMILES string of the molecule is CC(=O)Nc1nccc2c(Br)c3c(Cl)ccnc3n12. The van der Waals surface area contributed by atoms with E-state index >= 15 is 0 Å². The lowest BCUT2D eigenvalue weighted by molar-refractivity contribution is -0.114. The van der Waals surface area contributed by atoms with Gasteiger partial charge in [-0.25, -0.2) is 9.97 Å². The molecule has 0 aliphatic carbocycles. The molecule has 0 aliphatic heterocycles. The van der Waals surface area contributed by atoms with E-state index in [4.69, 9.17) is 11.6 Å². The molecule has 0 spiro atoms. The van der Waals surface area contributed by atoms with Crippen LogP contribution < -0.4 is 5.32 Å². The van der Waals surface area contributed by atoms with Crippen LogP contribution in [0.4, 0.5) is 5.95 Å². The minimum absolute atomic E-state index is 0.194. The van der Waals surface area contributed by atoms with Gasteiger partial charge in [-0.1, -0.05) is 11.6 Å². The average Bonchev–Trinajstić information content (AvgIpc) is 2.65. The minimum atomic E-state index is -0.194. The van der Waals surface area contributed by atoms with Crippen LogP contribution in [0, 0.1) is 0 Å². The summed E-state index contributed by atoms with van der Waals surface area (Å²) >= 11 is 9.72. The number of hydrogen-bond donors (Lipinski definition) is 1. The van der Waals surface area contributed by atoms with E-state index in [9.17, 15) is 4.79 Å². The average molecular weight is 340 g/mol. The van der Waals surface area contributed by atoms with Gasteiger partial charge in [-0.05, 0) is 28.1 Å². The van der Waals surface area contributed by atoms with Crippen molar-refractivity contribution in [1.29, 1.82) is 0 Å². The Balaban J connectivity index is 2.49. The van der Waals surface area contributed by atoms with E-state index in [0.717, 1.165) is 15.4 Å². The molecule has 3 aromatic rings. The van der Waals surface area contributed by atoms with Crippen LogP contribution in [0.5, 0.6) is 0 Å². The van der Waals surface area contributed by atoms with Crippen molar-refractivity contribution in [1.82, 2.24) is 14.4 Å². The van der Waals surface area contributed by atoms with E-state index < -0.39 is 0 Å². The zero-order chi connectivity index (χ0) is 13.6. The summed E-state index contributed by atoms with van der Waals surface area (Å²) in [6, 6.07) is 3.55. The Bertz CT molecular complexity index is 814. The lowest BCUT2D eigenvalue weighted by Crippen LogP contribution is -2.11. The number of aromatic nitrogens is 3. The van der Waals surface area contributed by atoms with E-state index in [1.807, 2.05) is 6.07 Å². The van der Waals surface area contributed by atoms with Crippen LogP contribution in [-0.4, -0.2) is 20.3 Å². The second-order valence-electron chi connectivity index (χ2n) is 3.98. The van der Waals surface area contributed by atoms with Crippen molar-refractivity contribution in [3.63, 3.8) is 0 Å². The van der Waals surface area contributed by atoms with E-state index in [-0.39, 0.29) is 5.91 Å². The summed E-state index contributed by atoms with van der Waals surface area (Å²) in [5.41, 5.74) is 1.49. The number of anilines is 1. The first-order valence-electron chi connectivity index (χ1n) is 5.46. The van der Waals surface area contributed by atoms with Gasteiger partial charge >= 0.3 is 0 Å². The highest BCUT2D eigenvalue weighted by atomic mass is 79.9. The smallest absolute Gasteiger partial charge is 0.223 e. The highest BCUT2D eigenvalue weighted by Crippen LogP contribution is 2.35. The van der Waals surface area contributed by atoms with Crippen molar-refractivity contribution in [2.45, 2.75) is 6.92 Å². The monoisotopic (exact) mass is 338 g/mol. The normalized spacial score (nSPS) is 11.1. The van der Waals surface area contributed by atoms with Crippen LogP contribution in [0.3, 0.4) is 0 Å². The molecule has 0 atom stereocenters. The zero-order valence-corrected chi connectivity index (χ0v) is 12.2. The number of nitrogens with one attached hydrogen (secondary N) is 1. The van der Waals surface area contributed by atoms with E-state index in [0.29, 0.717) is 16.6 Å². The quantitative estimate of drug-likeness (QED) is 0.740. The number of rotatable bonds is 1. The highest BCUT2D eigenvalue weighted by Gasteiger charge is 2.16. The van der Waals surface area contributed by atoms with E-state index in [1.165, 1.54) is 6.92 Å². The van der Waals surface area contributed by atoms with Gasteiger partial charge in [-0.3, -0.25) is 14.5 Å². The maximum atomic E-state index is 11.2.